The predicted octanol–water partition coefficient (Wildman–Crippen LogP) is 2.23. The molecule has 8 nitrogen and oxygen atoms in total. The highest BCUT2D eigenvalue weighted by Gasteiger charge is 2.17. The third-order valence-electron chi connectivity index (χ3n) is 2.92. The van der Waals surface area contributed by atoms with Crippen LogP contribution in [0.3, 0.4) is 0 Å². The molecule has 2 N–H and O–H groups in total. The van der Waals surface area contributed by atoms with Crippen molar-refractivity contribution in [2.45, 2.75) is 13.8 Å². The number of benzene rings is 1. The van der Waals surface area contributed by atoms with Crippen molar-refractivity contribution >= 4 is 27.7 Å². The zero-order chi connectivity index (χ0) is 17.7. The lowest BCUT2D eigenvalue weighted by atomic mass is 10.2. The Morgan fingerprint density at radius 2 is 1.96 bits per heavy atom. The molecule has 0 saturated carbocycles. The van der Waals surface area contributed by atoms with E-state index in [1.807, 2.05) is 6.92 Å². The second-order valence-corrected chi connectivity index (χ2v) is 5.52. The first kappa shape index (κ1) is 17.8. The fraction of sp³-hybridized carbons (Fsp3) is 0.267. The van der Waals surface area contributed by atoms with E-state index in [9.17, 15) is 9.59 Å². The number of carbonyl (C=O) groups excluding carboxylic acids is 2. The van der Waals surface area contributed by atoms with E-state index in [1.54, 1.807) is 13.0 Å². The minimum atomic E-state index is -0.610. The molecule has 1 aromatic carbocycles. The molecule has 0 fully saturated rings. The highest BCUT2D eigenvalue weighted by Crippen LogP contribution is 2.36. The van der Waals surface area contributed by atoms with Crippen LogP contribution >= 0.6 is 15.9 Å². The van der Waals surface area contributed by atoms with Crippen molar-refractivity contribution in [3.8, 4) is 11.5 Å². The zero-order valence-corrected chi connectivity index (χ0v) is 14.9. The van der Waals surface area contributed by atoms with E-state index < -0.39 is 11.8 Å². The van der Waals surface area contributed by atoms with Gasteiger partial charge in [-0.3, -0.25) is 20.4 Å². The minimum Gasteiger partial charge on any atom is -0.493 e. The number of hydrazine groups is 1. The van der Waals surface area contributed by atoms with Crippen LogP contribution in [0, 0.1) is 6.92 Å². The molecule has 1 aromatic heterocycles. The number of halogens is 1. The Bertz CT molecular complexity index is 760. The number of hydrogen-bond acceptors (Lipinski definition) is 6. The third kappa shape index (κ3) is 4.05. The Labute approximate surface area is 146 Å². The van der Waals surface area contributed by atoms with Gasteiger partial charge in [-0.1, -0.05) is 5.16 Å². The Kier molecular flexibility index (Phi) is 5.80. The van der Waals surface area contributed by atoms with E-state index in [-0.39, 0.29) is 11.3 Å². The van der Waals surface area contributed by atoms with Crippen molar-refractivity contribution in [3.05, 3.63) is 39.7 Å². The molecular weight excluding hydrogens is 382 g/mol. The molecule has 24 heavy (non-hydrogen) atoms. The summed E-state index contributed by atoms with van der Waals surface area (Å²) in [7, 11) is 1.47. The monoisotopic (exact) mass is 397 g/mol. The Hall–Kier alpha value is -2.55. The number of amides is 2. The lowest BCUT2D eigenvalue weighted by Gasteiger charge is -2.13. The smallest absolute Gasteiger partial charge is 0.308 e. The van der Waals surface area contributed by atoms with E-state index in [4.69, 9.17) is 14.0 Å². The second kappa shape index (κ2) is 7.82. The lowest BCUT2D eigenvalue weighted by Crippen LogP contribution is -2.41. The maximum atomic E-state index is 12.2. The molecular formula is C15H16BrN3O5. The number of aromatic nitrogens is 1. The van der Waals surface area contributed by atoms with Gasteiger partial charge in [0.1, 0.15) is 0 Å². The van der Waals surface area contributed by atoms with Crippen molar-refractivity contribution in [3.63, 3.8) is 0 Å². The summed E-state index contributed by atoms with van der Waals surface area (Å²) in [5.41, 5.74) is 5.38. The number of carbonyl (C=O) groups is 2. The van der Waals surface area contributed by atoms with E-state index in [2.05, 4.69) is 31.9 Å². The molecule has 9 heteroatoms. The summed E-state index contributed by atoms with van der Waals surface area (Å²) in [6.07, 6.45) is 0. The van der Waals surface area contributed by atoms with Gasteiger partial charge < -0.3 is 14.0 Å². The van der Waals surface area contributed by atoms with E-state index in [1.165, 1.54) is 19.2 Å². The number of ether oxygens (including phenoxy) is 2. The molecule has 0 aliphatic rings. The van der Waals surface area contributed by atoms with Crippen molar-refractivity contribution < 1.29 is 23.6 Å². The SMILES string of the molecule is CCOc1c(Br)cc(C(=O)NNC(=O)c2cc(C)no2)cc1OC. The lowest BCUT2D eigenvalue weighted by molar-refractivity contribution is 0.0825. The Balaban J connectivity index is 2.09. The maximum Gasteiger partial charge on any atom is 0.308 e. The van der Waals surface area contributed by atoms with E-state index >= 15 is 0 Å². The molecule has 0 radical (unpaired) electrons. The number of aryl methyl sites for hydroxylation is 1. The van der Waals surface area contributed by atoms with Crippen LogP contribution in [-0.4, -0.2) is 30.7 Å². The van der Waals surface area contributed by atoms with Crippen molar-refractivity contribution in [2.24, 2.45) is 0 Å². The van der Waals surface area contributed by atoms with Gasteiger partial charge >= 0.3 is 5.91 Å². The molecule has 0 atom stereocenters. The van der Waals surface area contributed by atoms with Gasteiger partial charge in [-0.15, -0.1) is 0 Å². The summed E-state index contributed by atoms with van der Waals surface area (Å²) >= 11 is 3.33. The molecule has 0 spiro atoms. The quantitative estimate of drug-likeness (QED) is 0.749. The number of nitrogens with zero attached hydrogens (tertiary/aromatic N) is 1. The first-order chi connectivity index (χ1) is 11.5. The van der Waals surface area contributed by atoms with Crippen LogP contribution in [0.2, 0.25) is 0 Å². The summed E-state index contributed by atoms with van der Waals surface area (Å²) in [4.78, 5) is 24.0. The summed E-state index contributed by atoms with van der Waals surface area (Å²) in [6, 6.07) is 4.53. The molecule has 128 valence electrons. The first-order valence-electron chi connectivity index (χ1n) is 7.00. The van der Waals surface area contributed by atoms with Crippen molar-refractivity contribution in [1.82, 2.24) is 16.0 Å². The van der Waals surface area contributed by atoms with Crippen LogP contribution < -0.4 is 20.3 Å². The standard InChI is InChI=1S/C15H16BrN3O5/c1-4-23-13-10(16)6-9(7-11(13)22-3)14(20)17-18-15(21)12-5-8(2)19-24-12/h5-7H,4H2,1-3H3,(H,17,20)(H,18,21). The molecule has 0 saturated heterocycles. The van der Waals surface area contributed by atoms with Crippen LogP contribution in [0.1, 0.15) is 33.5 Å². The van der Waals surface area contributed by atoms with Crippen LogP contribution in [0.5, 0.6) is 11.5 Å². The van der Waals surface area contributed by atoms with Gasteiger partial charge in [-0.2, -0.15) is 0 Å². The normalized spacial score (nSPS) is 10.2. The molecule has 2 amide bonds. The molecule has 0 aliphatic carbocycles. The number of methoxy groups -OCH3 is 1. The van der Waals surface area contributed by atoms with Gasteiger partial charge in [0, 0.05) is 11.6 Å². The van der Waals surface area contributed by atoms with Gasteiger partial charge in [0.25, 0.3) is 5.91 Å². The third-order valence-corrected chi connectivity index (χ3v) is 3.51. The number of hydrogen-bond donors (Lipinski definition) is 2. The van der Waals surface area contributed by atoms with Gasteiger partial charge in [-0.05, 0) is 41.9 Å². The van der Waals surface area contributed by atoms with Crippen molar-refractivity contribution in [1.29, 1.82) is 0 Å². The summed E-state index contributed by atoms with van der Waals surface area (Å²) in [5.74, 6) is -0.243. The van der Waals surface area contributed by atoms with Gasteiger partial charge in [0.15, 0.2) is 11.5 Å². The predicted molar refractivity (Wildman–Crippen MR) is 88.0 cm³/mol. The topological polar surface area (TPSA) is 103 Å². The second-order valence-electron chi connectivity index (χ2n) is 4.66. The zero-order valence-electron chi connectivity index (χ0n) is 13.3. The Morgan fingerprint density at radius 1 is 1.25 bits per heavy atom. The maximum absolute atomic E-state index is 12.2. The van der Waals surface area contributed by atoms with Gasteiger partial charge in [0.2, 0.25) is 5.76 Å². The van der Waals surface area contributed by atoms with E-state index in [0.29, 0.717) is 28.3 Å². The van der Waals surface area contributed by atoms with Gasteiger partial charge in [0.05, 0.1) is 23.9 Å². The summed E-state index contributed by atoms with van der Waals surface area (Å²) < 4.78 is 16.0. The van der Waals surface area contributed by atoms with Gasteiger partial charge in [-0.25, -0.2) is 0 Å². The fourth-order valence-electron chi connectivity index (χ4n) is 1.85. The molecule has 1 heterocycles. The minimum absolute atomic E-state index is 0.00162. The summed E-state index contributed by atoms with van der Waals surface area (Å²) in [5, 5.41) is 3.60. The van der Waals surface area contributed by atoms with Crippen LogP contribution in [0.15, 0.2) is 27.2 Å². The first-order valence-corrected chi connectivity index (χ1v) is 7.79. The van der Waals surface area contributed by atoms with E-state index in [0.717, 1.165) is 0 Å². The average Bonchev–Trinajstić information content (AvgIpc) is 3.00. The highest BCUT2D eigenvalue weighted by atomic mass is 79.9. The molecule has 0 unspecified atom stereocenters. The van der Waals surface area contributed by atoms with Crippen molar-refractivity contribution in [2.75, 3.05) is 13.7 Å². The molecule has 0 bridgehead atoms. The average molecular weight is 398 g/mol. The summed E-state index contributed by atoms with van der Waals surface area (Å²) in [6.45, 7) is 3.98. The molecule has 0 aliphatic heterocycles. The fourth-order valence-corrected chi connectivity index (χ4v) is 2.41. The molecule has 2 rings (SSSR count). The number of nitrogens with one attached hydrogen (secondary N) is 2. The number of rotatable bonds is 5. The largest absolute Gasteiger partial charge is 0.493 e. The highest BCUT2D eigenvalue weighted by molar-refractivity contribution is 9.10. The molecule has 2 aromatic rings. The Morgan fingerprint density at radius 3 is 2.54 bits per heavy atom. The van der Waals surface area contributed by atoms with Crippen LogP contribution in [0.4, 0.5) is 0 Å². The van der Waals surface area contributed by atoms with Crippen LogP contribution in [0.25, 0.3) is 0 Å². The van der Waals surface area contributed by atoms with Crippen LogP contribution in [-0.2, 0) is 0 Å².